The summed E-state index contributed by atoms with van der Waals surface area (Å²) >= 11 is 0. The maximum atomic E-state index is 11.7. The number of carbonyl (C=O) groups is 2. The van der Waals surface area contributed by atoms with E-state index in [0.717, 1.165) is 12.8 Å². The zero-order valence-electron chi connectivity index (χ0n) is 11.8. The summed E-state index contributed by atoms with van der Waals surface area (Å²) in [6.07, 6.45) is 2.29. The van der Waals surface area contributed by atoms with Gasteiger partial charge in [-0.3, -0.25) is 9.59 Å². The highest BCUT2D eigenvalue weighted by atomic mass is 16.4. The van der Waals surface area contributed by atoms with Gasteiger partial charge in [0.25, 0.3) is 0 Å². The molecule has 1 aromatic carbocycles. The van der Waals surface area contributed by atoms with Crippen LogP contribution in [0.1, 0.15) is 32.3 Å². The molecule has 5 heteroatoms. The first-order valence-electron chi connectivity index (χ1n) is 6.77. The van der Waals surface area contributed by atoms with E-state index in [9.17, 15) is 9.59 Å². The molecular formula is C15H20N2O3. The van der Waals surface area contributed by atoms with E-state index >= 15 is 0 Å². The second-order valence-corrected chi connectivity index (χ2v) is 5.71. The van der Waals surface area contributed by atoms with Crippen LogP contribution >= 0.6 is 0 Å². The van der Waals surface area contributed by atoms with Crippen molar-refractivity contribution < 1.29 is 14.7 Å². The predicted octanol–water partition coefficient (Wildman–Crippen LogP) is 1.74. The zero-order valence-corrected chi connectivity index (χ0v) is 11.8. The van der Waals surface area contributed by atoms with Crippen LogP contribution in [0.25, 0.3) is 0 Å². The van der Waals surface area contributed by atoms with Gasteiger partial charge in [0.1, 0.15) is 0 Å². The van der Waals surface area contributed by atoms with Gasteiger partial charge in [-0.1, -0.05) is 12.1 Å². The lowest BCUT2D eigenvalue weighted by molar-refractivity contribution is -0.142. The van der Waals surface area contributed by atoms with Crippen molar-refractivity contribution in [1.29, 1.82) is 0 Å². The van der Waals surface area contributed by atoms with E-state index in [1.807, 2.05) is 0 Å². The minimum absolute atomic E-state index is 0.0813. The normalized spacial score (nSPS) is 14.9. The Morgan fingerprint density at radius 2 is 1.85 bits per heavy atom. The second kappa shape index (κ2) is 5.63. The zero-order chi connectivity index (χ0) is 14.8. The largest absolute Gasteiger partial charge is 0.481 e. The summed E-state index contributed by atoms with van der Waals surface area (Å²) in [6.45, 7) is 3.62. The van der Waals surface area contributed by atoms with Crippen LogP contribution in [0.5, 0.6) is 0 Å². The van der Waals surface area contributed by atoms with Gasteiger partial charge in [-0.05, 0) is 44.4 Å². The molecule has 1 aliphatic carbocycles. The summed E-state index contributed by atoms with van der Waals surface area (Å²) in [5, 5.41) is 15.1. The summed E-state index contributed by atoms with van der Waals surface area (Å²) in [5.41, 5.74) is 0.451. The molecule has 0 unspecified atom stereocenters. The molecule has 20 heavy (non-hydrogen) atoms. The summed E-state index contributed by atoms with van der Waals surface area (Å²) in [4.78, 5) is 22.8. The molecule has 1 saturated carbocycles. The van der Waals surface area contributed by atoms with Crippen LogP contribution in [-0.2, 0) is 15.0 Å². The number of hydrogen-bond acceptors (Lipinski definition) is 3. The van der Waals surface area contributed by atoms with Crippen molar-refractivity contribution in [3.63, 3.8) is 0 Å². The van der Waals surface area contributed by atoms with Crippen LogP contribution in [0.2, 0.25) is 0 Å². The van der Waals surface area contributed by atoms with Crippen LogP contribution in [0.3, 0.4) is 0 Å². The number of rotatable bonds is 6. The standard InChI is InChI=1S/C15H20N2O3/c1-15(2,14(19)20)10-3-5-12(6-4-10)17-13(18)9-16-11-7-8-11/h3-6,11,16H,7-9H2,1-2H3,(H,17,18)(H,19,20). The van der Waals surface area contributed by atoms with Gasteiger partial charge >= 0.3 is 5.97 Å². The molecule has 0 aliphatic heterocycles. The summed E-state index contributed by atoms with van der Waals surface area (Å²) in [7, 11) is 0. The fourth-order valence-electron chi connectivity index (χ4n) is 1.82. The minimum Gasteiger partial charge on any atom is -0.481 e. The highest BCUT2D eigenvalue weighted by molar-refractivity contribution is 5.92. The molecule has 2 rings (SSSR count). The van der Waals surface area contributed by atoms with Crippen molar-refractivity contribution in [2.75, 3.05) is 11.9 Å². The molecule has 1 aliphatic rings. The van der Waals surface area contributed by atoms with E-state index in [1.54, 1.807) is 38.1 Å². The van der Waals surface area contributed by atoms with Gasteiger partial charge in [0.2, 0.25) is 5.91 Å². The van der Waals surface area contributed by atoms with Crippen molar-refractivity contribution in [3.05, 3.63) is 29.8 Å². The minimum atomic E-state index is -0.934. The molecule has 0 saturated heterocycles. The number of carbonyl (C=O) groups excluding carboxylic acids is 1. The summed E-state index contributed by atoms with van der Waals surface area (Å²) in [5.74, 6) is -0.954. The van der Waals surface area contributed by atoms with Crippen LogP contribution in [0, 0.1) is 0 Å². The molecule has 1 fully saturated rings. The van der Waals surface area contributed by atoms with E-state index in [1.165, 1.54) is 0 Å². The van der Waals surface area contributed by atoms with Gasteiger partial charge in [-0.25, -0.2) is 0 Å². The Morgan fingerprint density at radius 3 is 2.35 bits per heavy atom. The third kappa shape index (κ3) is 3.57. The lowest BCUT2D eigenvalue weighted by atomic mass is 9.85. The molecule has 1 aromatic rings. The van der Waals surface area contributed by atoms with Crippen LogP contribution in [0.4, 0.5) is 5.69 Å². The molecule has 1 amide bonds. The maximum absolute atomic E-state index is 11.7. The Labute approximate surface area is 118 Å². The van der Waals surface area contributed by atoms with Gasteiger partial charge in [-0.2, -0.15) is 0 Å². The Kier molecular flexibility index (Phi) is 4.09. The first kappa shape index (κ1) is 14.5. The van der Waals surface area contributed by atoms with Crippen molar-refractivity contribution >= 4 is 17.6 Å². The number of aliphatic carboxylic acids is 1. The van der Waals surface area contributed by atoms with Crippen LogP contribution in [0.15, 0.2) is 24.3 Å². The number of carboxylic acids is 1. The molecule has 0 spiro atoms. The van der Waals surface area contributed by atoms with Gasteiger partial charge in [-0.15, -0.1) is 0 Å². The van der Waals surface area contributed by atoms with Crippen LogP contribution in [-0.4, -0.2) is 29.6 Å². The monoisotopic (exact) mass is 276 g/mol. The summed E-state index contributed by atoms with van der Waals surface area (Å²) < 4.78 is 0. The Balaban J connectivity index is 1.93. The fraction of sp³-hybridized carbons (Fsp3) is 0.467. The Bertz CT molecular complexity index is 504. The topological polar surface area (TPSA) is 78.4 Å². The van der Waals surface area contributed by atoms with E-state index in [4.69, 9.17) is 5.11 Å². The molecule has 3 N–H and O–H groups in total. The van der Waals surface area contributed by atoms with Crippen LogP contribution < -0.4 is 10.6 Å². The van der Waals surface area contributed by atoms with Gasteiger partial charge < -0.3 is 15.7 Å². The second-order valence-electron chi connectivity index (χ2n) is 5.71. The average molecular weight is 276 g/mol. The van der Waals surface area contributed by atoms with Gasteiger partial charge in [0.15, 0.2) is 0 Å². The SMILES string of the molecule is CC(C)(C(=O)O)c1ccc(NC(=O)CNC2CC2)cc1. The van der Waals surface area contributed by atoms with Crippen molar-refractivity contribution in [3.8, 4) is 0 Å². The molecule has 108 valence electrons. The smallest absolute Gasteiger partial charge is 0.313 e. The number of anilines is 1. The van der Waals surface area contributed by atoms with Gasteiger partial charge in [0, 0.05) is 11.7 Å². The molecule has 0 radical (unpaired) electrons. The third-order valence-corrected chi connectivity index (χ3v) is 3.55. The number of hydrogen-bond donors (Lipinski definition) is 3. The molecule has 5 nitrogen and oxygen atoms in total. The van der Waals surface area contributed by atoms with E-state index in [-0.39, 0.29) is 5.91 Å². The van der Waals surface area contributed by atoms with Crippen molar-refractivity contribution in [1.82, 2.24) is 5.32 Å². The number of amides is 1. The lowest BCUT2D eigenvalue weighted by Gasteiger charge is -2.19. The highest BCUT2D eigenvalue weighted by Gasteiger charge is 2.29. The quantitative estimate of drug-likeness (QED) is 0.739. The molecule has 0 heterocycles. The first-order valence-corrected chi connectivity index (χ1v) is 6.77. The first-order chi connectivity index (χ1) is 9.39. The molecule has 0 bridgehead atoms. The summed E-state index contributed by atoms with van der Waals surface area (Å²) in [6, 6.07) is 7.43. The highest BCUT2D eigenvalue weighted by Crippen LogP contribution is 2.24. The van der Waals surface area contributed by atoms with Gasteiger partial charge in [0.05, 0.1) is 12.0 Å². The maximum Gasteiger partial charge on any atom is 0.313 e. The van der Waals surface area contributed by atoms with E-state index in [2.05, 4.69) is 10.6 Å². The number of nitrogens with one attached hydrogen (secondary N) is 2. The lowest BCUT2D eigenvalue weighted by Crippen LogP contribution is -2.30. The van der Waals surface area contributed by atoms with E-state index < -0.39 is 11.4 Å². The average Bonchev–Trinajstić information content (AvgIpc) is 3.21. The van der Waals surface area contributed by atoms with Crippen molar-refractivity contribution in [2.24, 2.45) is 0 Å². The number of carboxylic acid groups (broad SMARTS) is 1. The number of benzene rings is 1. The van der Waals surface area contributed by atoms with Crippen molar-refractivity contribution in [2.45, 2.75) is 38.1 Å². The Morgan fingerprint density at radius 1 is 1.25 bits per heavy atom. The molecule has 0 aromatic heterocycles. The van der Waals surface area contributed by atoms with E-state index in [0.29, 0.717) is 23.8 Å². The Hall–Kier alpha value is -1.88. The fourth-order valence-corrected chi connectivity index (χ4v) is 1.82. The third-order valence-electron chi connectivity index (χ3n) is 3.55. The predicted molar refractivity (Wildman–Crippen MR) is 76.8 cm³/mol. The molecular weight excluding hydrogens is 256 g/mol. The molecule has 0 atom stereocenters.